The van der Waals surface area contributed by atoms with Crippen molar-refractivity contribution >= 4 is 23.4 Å². The molecule has 0 bridgehead atoms. The highest BCUT2D eigenvalue weighted by molar-refractivity contribution is 5.79. The molecule has 154 valence electrons. The van der Waals surface area contributed by atoms with Crippen molar-refractivity contribution in [3.8, 4) is 0 Å². The number of aromatic nitrogens is 2. The lowest BCUT2D eigenvalue weighted by Gasteiger charge is -2.25. The SMILES string of the molecule is CN(CCCNC(=O)C1CCC1)c1nc(Nc2cccc(F)c2)ncc1C1CC1. The first kappa shape index (κ1) is 19.6. The van der Waals surface area contributed by atoms with E-state index in [9.17, 15) is 9.18 Å². The van der Waals surface area contributed by atoms with Crippen LogP contribution in [0.4, 0.5) is 21.8 Å². The van der Waals surface area contributed by atoms with Gasteiger partial charge in [-0.25, -0.2) is 9.37 Å². The van der Waals surface area contributed by atoms with Gasteiger partial charge >= 0.3 is 0 Å². The van der Waals surface area contributed by atoms with Crippen molar-refractivity contribution in [2.45, 2.75) is 44.4 Å². The van der Waals surface area contributed by atoms with Crippen LogP contribution in [0.5, 0.6) is 0 Å². The van der Waals surface area contributed by atoms with E-state index in [0.29, 0.717) is 24.1 Å². The summed E-state index contributed by atoms with van der Waals surface area (Å²) in [5, 5.41) is 6.13. The molecule has 1 aromatic heterocycles. The van der Waals surface area contributed by atoms with Crippen LogP contribution < -0.4 is 15.5 Å². The van der Waals surface area contributed by atoms with E-state index in [1.54, 1.807) is 12.1 Å². The molecule has 2 saturated carbocycles. The van der Waals surface area contributed by atoms with Crippen molar-refractivity contribution in [2.75, 3.05) is 30.4 Å². The summed E-state index contributed by atoms with van der Waals surface area (Å²) in [6, 6.07) is 6.27. The summed E-state index contributed by atoms with van der Waals surface area (Å²) in [4.78, 5) is 23.2. The molecule has 29 heavy (non-hydrogen) atoms. The number of benzene rings is 1. The van der Waals surface area contributed by atoms with Gasteiger partial charge in [-0.15, -0.1) is 0 Å². The molecule has 7 heteroatoms. The minimum absolute atomic E-state index is 0.196. The van der Waals surface area contributed by atoms with Gasteiger partial charge in [-0.05, 0) is 56.2 Å². The smallest absolute Gasteiger partial charge is 0.229 e. The first-order chi connectivity index (χ1) is 14.1. The van der Waals surface area contributed by atoms with Gasteiger partial charge in [0, 0.05) is 43.5 Å². The third-order valence-corrected chi connectivity index (χ3v) is 5.70. The molecule has 0 unspecified atom stereocenters. The number of rotatable bonds is 9. The van der Waals surface area contributed by atoms with E-state index in [1.807, 2.05) is 13.2 Å². The highest BCUT2D eigenvalue weighted by atomic mass is 19.1. The lowest BCUT2D eigenvalue weighted by Crippen LogP contribution is -2.36. The summed E-state index contributed by atoms with van der Waals surface area (Å²) in [7, 11) is 2.02. The Kier molecular flexibility index (Phi) is 5.92. The van der Waals surface area contributed by atoms with Crippen molar-refractivity contribution < 1.29 is 9.18 Å². The van der Waals surface area contributed by atoms with Crippen LogP contribution in [0, 0.1) is 11.7 Å². The van der Waals surface area contributed by atoms with Crippen molar-refractivity contribution in [3.63, 3.8) is 0 Å². The predicted octanol–water partition coefficient (Wildman–Crippen LogP) is 3.98. The summed E-state index contributed by atoms with van der Waals surface area (Å²) in [6.45, 7) is 1.47. The first-order valence-electron chi connectivity index (χ1n) is 10.5. The minimum atomic E-state index is -0.300. The molecule has 1 amide bonds. The maximum Gasteiger partial charge on any atom is 0.229 e. The van der Waals surface area contributed by atoms with Gasteiger partial charge in [-0.2, -0.15) is 4.98 Å². The Morgan fingerprint density at radius 1 is 1.28 bits per heavy atom. The number of carbonyl (C=O) groups excluding carboxylic acids is 1. The third-order valence-electron chi connectivity index (χ3n) is 5.70. The van der Waals surface area contributed by atoms with E-state index in [2.05, 4.69) is 20.5 Å². The Balaban J connectivity index is 1.38. The van der Waals surface area contributed by atoms with Gasteiger partial charge in [0.05, 0.1) is 0 Å². The van der Waals surface area contributed by atoms with Crippen LogP contribution in [0.2, 0.25) is 0 Å². The summed E-state index contributed by atoms with van der Waals surface area (Å²) in [5.41, 5.74) is 1.78. The molecule has 0 aliphatic heterocycles. The molecule has 2 fully saturated rings. The van der Waals surface area contributed by atoms with Crippen LogP contribution in [0.25, 0.3) is 0 Å². The zero-order valence-corrected chi connectivity index (χ0v) is 16.8. The largest absolute Gasteiger partial charge is 0.359 e. The topological polar surface area (TPSA) is 70.2 Å². The summed E-state index contributed by atoms with van der Waals surface area (Å²) < 4.78 is 13.4. The molecule has 0 spiro atoms. The number of nitrogens with zero attached hydrogens (tertiary/aromatic N) is 3. The van der Waals surface area contributed by atoms with Crippen LogP contribution in [-0.2, 0) is 4.79 Å². The van der Waals surface area contributed by atoms with Crippen LogP contribution >= 0.6 is 0 Å². The maximum absolute atomic E-state index is 13.4. The Labute approximate surface area is 170 Å². The molecule has 0 radical (unpaired) electrons. The number of hydrogen-bond donors (Lipinski definition) is 2. The fourth-order valence-electron chi connectivity index (χ4n) is 3.57. The van der Waals surface area contributed by atoms with E-state index < -0.39 is 0 Å². The van der Waals surface area contributed by atoms with Crippen LogP contribution in [0.3, 0.4) is 0 Å². The van der Waals surface area contributed by atoms with Gasteiger partial charge in [0.15, 0.2) is 0 Å². The first-order valence-corrected chi connectivity index (χ1v) is 10.5. The second-order valence-corrected chi connectivity index (χ2v) is 8.08. The molecule has 0 saturated heterocycles. The number of hydrogen-bond acceptors (Lipinski definition) is 5. The zero-order valence-electron chi connectivity index (χ0n) is 16.8. The van der Waals surface area contributed by atoms with Gasteiger partial charge in [0.1, 0.15) is 11.6 Å². The lowest BCUT2D eigenvalue weighted by atomic mass is 9.85. The summed E-state index contributed by atoms with van der Waals surface area (Å²) in [5.74, 6) is 2.01. The van der Waals surface area contributed by atoms with E-state index in [4.69, 9.17) is 4.98 Å². The average molecular weight is 397 g/mol. The standard InChI is InChI=1S/C22H28FN5O/c1-28(12-4-11-24-21(29)16-5-2-6-16)20-19(15-9-10-15)14-25-22(27-20)26-18-8-3-7-17(23)13-18/h3,7-8,13-16H,2,4-6,9-12H2,1H3,(H,24,29)(H,25,26,27). The van der Waals surface area contributed by atoms with Crippen LogP contribution in [-0.4, -0.2) is 36.0 Å². The lowest BCUT2D eigenvalue weighted by molar-refractivity contribution is -0.127. The fraction of sp³-hybridized carbons (Fsp3) is 0.500. The number of halogens is 1. The van der Waals surface area contributed by atoms with Crippen molar-refractivity contribution in [1.82, 2.24) is 15.3 Å². The number of carbonyl (C=O) groups is 1. The molecule has 0 atom stereocenters. The van der Waals surface area contributed by atoms with E-state index in [1.165, 1.54) is 18.6 Å². The Morgan fingerprint density at radius 3 is 2.79 bits per heavy atom. The van der Waals surface area contributed by atoms with Gasteiger partial charge in [-0.1, -0.05) is 12.5 Å². The minimum Gasteiger partial charge on any atom is -0.359 e. The van der Waals surface area contributed by atoms with Crippen LogP contribution in [0.1, 0.15) is 50.0 Å². The Hall–Kier alpha value is -2.70. The number of amides is 1. The molecule has 2 aliphatic rings. The summed E-state index contributed by atoms with van der Waals surface area (Å²) in [6.07, 6.45) is 8.30. The van der Waals surface area contributed by atoms with E-state index in [-0.39, 0.29) is 17.6 Å². The second-order valence-electron chi connectivity index (χ2n) is 8.08. The quantitative estimate of drug-likeness (QED) is 0.627. The van der Waals surface area contributed by atoms with E-state index in [0.717, 1.165) is 50.0 Å². The highest BCUT2D eigenvalue weighted by Gasteiger charge is 2.29. The number of anilines is 3. The van der Waals surface area contributed by atoms with Gasteiger partial charge in [0.25, 0.3) is 0 Å². The fourth-order valence-corrected chi connectivity index (χ4v) is 3.57. The second kappa shape index (κ2) is 8.76. The Bertz CT molecular complexity index is 866. The molecular weight excluding hydrogens is 369 g/mol. The summed E-state index contributed by atoms with van der Waals surface area (Å²) >= 11 is 0. The molecule has 2 N–H and O–H groups in total. The van der Waals surface area contributed by atoms with Crippen molar-refractivity contribution in [1.29, 1.82) is 0 Å². The molecule has 2 aliphatic carbocycles. The average Bonchev–Trinajstić information content (AvgIpc) is 3.49. The third kappa shape index (κ3) is 5.02. The molecule has 6 nitrogen and oxygen atoms in total. The molecule has 4 rings (SSSR count). The monoisotopic (exact) mass is 397 g/mol. The van der Waals surface area contributed by atoms with Gasteiger partial charge < -0.3 is 15.5 Å². The van der Waals surface area contributed by atoms with Crippen molar-refractivity contribution in [3.05, 3.63) is 41.8 Å². The van der Waals surface area contributed by atoms with Gasteiger partial charge in [0.2, 0.25) is 11.9 Å². The highest BCUT2D eigenvalue weighted by Crippen LogP contribution is 2.43. The molecular formula is C22H28FN5O. The maximum atomic E-state index is 13.4. The zero-order chi connectivity index (χ0) is 20.2. The van der Waals surface area contributed by atoms with Gasteiger partial charge in [-0.3, -0.25) is 4.79 Å². The Morgan fingerprint density at radius 2 is 2.10 bits per heavy atom. The normalized spacial score (nSPS) is 16.2. The number of nitrogens with one attached hydrogen (secondary N) is 2. The molecule has 1 aromatic carbocycles. The van der Waals surface area contributed by atoms with E-state index >= 15 is 0 Å². The van der Waals surface area contributed by atoms with Crippen LogP contribution in [0.15, 0.2) is 30.5 Å². The molecule has 2 aromatic rings. The molecule has 1 heterocycles. The van der Waals surface area contributed by atoms with Crippen molar-refractivity contribution in [2.24, 2.45) is 5.92 Å². The predicted molar refractivity (Wildman–Crippen MR) is 112 cm³/mol.